The highest BCUT2D eigenvalue weighted by Gasteiger charge is 2.25. The number of thioether (sulfide) groups is 1. The van der Waals surface area contributed by atoms with E-state index in [1.807, 2.05) is 35.8 Å². The summed E-state index contributed by atoms with van der Waals surface area (Å²) in [5.74, 6) is 1.71. The topological polar surface area (TPSA) is 135 Å². The highest BCUT2D eigenvalue weighted by molar-refractivity contribution is 7.99. The van der Waals surface area contributed by atoms with Crippen LogP contribution in [-0.2, 0) is 6.61 Å². The third-order valence-electron chi connectivity index (χ3n) is 5.61. The van der Waals surface area contributed by atoms with Crippen LogP contribution in [0.1, 0.15) is 29.1 Å². The van der Waals surface area contributed by atoms with Crippen LogP contribution in [0.3, 0.4) is 0 Å². The Bertz CT molecular complexity index is 1480. The molecule has 11 nitrogen and oxygen atoms in total. The number of rotatable bonds is 12. The lowest BCUT2D eigenvalue weighted by Gasteiger charge is -2.16. The fourth-order valence-corrected chi connectivity index (χ4v) is 5.21. The van der Waals surface area contributed by atoms with Crippen molar-refractivity contribution in [2.75, 3.05) is 13.2 Å². The van der Waals surface area contributed by atoms with Crippen molar-refractivity contribution < 1.29 is 19.3 Å². The quantitative estimate of drug-likeness (QED) is 0.110. The minimum Gasteiger partial charge on any atom is -0.494 e. The Morgan fingerprint density at radius 2 is 1.79 bits per heavy atom. The first kappa shape index (κ1) is 27.9. The first-order valence-corrected chi connectivity index (χ1v) is 13.1. The molecule has 3 aromatic carbocycles. The number of non-ortho nitro benzene ring substituents is 1. The number of benzene rings is 3. The highest BCUT2D eigenvalue weighted by atomic mass is 35.5. The molecule has 1 heterocycles. The molecule has 202 valence electrons. The molecule has 0 aliphatic rings. The summed E-state index contributed by atoms with van der Waals surface area (Å²) in [4.78, 5) is 21.7. The molecule has 1 atom stereocenters. The number of nitro benzene ring substituents is 1. The monoisotopic (exact) mass is 569 g/mol. The van der Waals surface area contributed by atoms with Crippen molar-refractivity contribution in [2.45, 2.75) is 30.9 Å². The Morgan fingerprint density at radius 1 is 1.03 bits per heavy atom. The van der Waals surface area contributed by atoms with Crippen LogP contribution in [0, 0.1) is 27.2 Å². The fourth-order valence-electron chi connectivity index (χ4n) is 3.80. The predicted octanol–water partition coefficient (Wildman–Crippen LogP) is 6.23. The van der Waals surface area contributed by atoms with Crippen molar-refractivity contribution >= 4 is 29.1 Å². The summed E-state index contributed by atoms with van der Waals surface area (Å²) in [6, 6.07) is 18.5. The molecule has 0 unspecified atom stereocenters. The van der Waals surface area contributed by atoms with Gasteiger partial charge in [-0.3, -0.25) is 24.8 Å². The van der Waals surface area contributed by atoms with Crippen LogP contribution in [0.2, 0.25) is 5.02 Å². The summed E-state index contributed by atoms with van der Waals surface area (Å²) in [7, 11) is 0. The van der Waals surface area contributed by atoms with Crippen molar-refractivity contribution in [1.29, 1.82) is 0 Å². The maximum Gasteiger partial charge on any atom is 0.269 e. The summed E-state index contributed by atoms with van der Waals surface area (Å²) >= 11 is 7.68. The lowest BCUT2D eigenvalue weighted by Crippen LogP contribution is -2.11. The third-order valence-corrected chi connectivity index (χ3v) is 7.08. The molecule has 0 amide bonds. The van der Waals surface area contributed by atoms with E-state index in [1.165, 1.54) is 23.9 Å². The zero-order valence-corrected chi connectivity index (χ0v) is 22.6. The Balaban J connectivity index is 1.55. The van der Waals surface area contributed by atoms with Gasteiger partial charge in [0.2, 0.25) is 6.54 Å². The van der Waals surface area contributed by atoms with Gasteiger partial charge in [0.1, 0.15) is 29.2 Å². The normalized spacial score (nSPS) is 11.7. The molecule has 0 spiro atoms. The summed E-state index contributed by atoms with van der Waals surface area (Å²) in [6.45, 7) is 3.96. The molecule has 39 heavy (non-hydrogen) atoms. The van der Waals surface area contributed by atoms with Gasteiger partial charge in [-0.25, -0.2) is 0 Å². The number of aryl methyl sites for hydroxylation is 1. The fraction of sp³-hybridized carbons (Fsp3) is 0.231. The van der Waals surface area contributed by atoms with Crippen molar-refractivity contribution in [2.24, 2.45) is 0 Å². The van der Waals surface area contributed by atoms with Crippen LogP contribution in [-0.4, -0.2) is 37.8 Å². The molecule has 1 aromatic heterocycles. The first-order chi connectivity index (χ1) is 18.7. The Kier molecular flexibility index (Phi) is 8.99. The van der Waals surface area contributed by atoms with Gasteiger partial charge < -0.3 is 9.47 Å². The van der Waals surface area contributed by atoms with Gasteiger partial charge in [0.15, 0.2) is 5.16 Å². The largest absolute Gasteiger partial charge is 0.494 e. The summed E-state index contributed by atoms with van der Waals surface area (Å²) < 4.78 is 13.1. The van der Waals surface area contributed by atoms with Crippen LogP contribution in [0.5, 0.6) is 11.5 Å². The second kappa shape index (κ2) is 12.6. The number of hydrogen-bond donors (Lipinski definition) is 0. The molecule has 4 aromatic rings. The van der Waals surface area contributed by atoms with Gasteiger partial charge in [-0.2, -0.15) is 0 Å². The average Bonchev–Trinajstić information content (AvgIpc) is 3.27. The zero-order valence-electron chi connectivity index (χ0n) is 21.0. The lowest BCUT2D eigenvalue weighted by atomic mass is 10.1. The van der Waals surface area contributed by atoms with Gasteiger partial charge in [0.25, 0.3) is 5.69 Å². The van der Waals surface area contributed by atoms with Gasteiger partial charge in [-0.05, 0) is 61.4 Å². The second-order valence-electron chi connectivity index (χ2n) is 8.32. The average molecular weight is 570 g/mol. The van der Waals surface area contributed by atoms with E-state index in [0.717, 1.165) is 11.4 Å². The number of halogens is 1. The maximum atomic E-state index is 11.5. The van der Waals surface area contributed by atoms with E-state index in [9.17, 15) is 20.2 Å². The molecule has 0 N–H and O–H groups in total. The molecular weight excluding hydrogens is 546 g/mol. The van der Waals surface area contributed by atoms with Gasteiger partial charge in [0.05, 0.1) is 16.6 Å². The van der Waals surface area contributed by atoms with Crippen molar-refractivity contribution in [1.82, 2.24) is 14.8 Å². The van der Waals surface area contributed by atoms with Crippen molar-refractivity contribution in [3.8, 4) is 17.2 Å². The van der Waals surface area contributed by atoms with E-state index in [-0.39, 0.29) is 28.8 Å². The minimum absolute atomic E-state index is 0.0366. The van der Waals surface area contributed by atoms with E-state index < -0.39 is 10.2 Å². The molecule has 0 aliphatic heterocycles. The van der Waals surface area contributed by atoms with Crippen LogP contribution < -0.4 is 9.47 Å². The molecule has 0 saturated heterocycles. The van der Waals surface area contributed by atoms with Crippen LogP contribution in [0.15, 0.2) is 71.9 Å². The predicted molar refractivity (Wildman–Crippen MR) is 147 cm³/mol. The lowest BCUT2D eigenvalue weighted by molar-refractivity contribution is -0.479. The van der Waals surface area contributed by atoms with E-state index in [4.69, 9.17) is 21.1 Å². The molecule has 4 rings (SSSR count). The molecule has 0 aliphatic carbocycles. The highest BCUT2D eigenvalue weighted by Crippen LogP contribution is 2.39. The van der Waals surface area contributed by atoms with Crippen LogP contribution in [0.25, 0.3) is 5.69 Å². The Morgan fingerprint density at radius 3 is 2.46 bits per heavy atom. The number of ether oxygens (including phenoxy) is 2. The van der Waals surface area contributed by atoms with E-state index in [2.05, 4.69) is 10.2 Å². The maximum absolute atomic E-state index is 11.5. The summed E-state index contributed by atoms with van der Waals surface area (Å²) in [6.07, 6.45) is 0. The van der Waals surface area contributed by atoms with Gasteiger partial charge in [0, 0.05) is 22.7 Å². The molecule has 0 fully saturated rings. The Hall–Kier alpha value is -4.16. The number of nitro groups is 2. The zero-order chi connectivity index (χ0) is 27.9. The van der Waals surface area contributed by atoms with Gasteiger partial charge in [-0.1, -0.05) is 41.6 Å². The number of nitrogens with zero attached hydrogens (tertiary/aromatic N) is 5. The number of aromatic nitrogens is 3. The smallest absolute Gasteiger partial charge is 0.269 e. The molecular formula is C26H24ClN5O6S. The molecule has 13 heteroatoms. The van der Waals surface area contributed by atoms with Crippen LogP contribution in [0.4, 0.5) is 5.69 Å². The van der Waals surface area contributed by atoms with Crippen molar-refractivity contribution in [3.63, 3.8) is 0 Å². The second-order valence-corrected chi connectivity index (χ2v) is 9.90. The van der Waals surface area contributed by atoms with E-state index in [1.54, 1.807) is 37.3 Å². The first-order valence-electron chi connectivity index (χ1n) is 11.8. The number of hydrogen-bond acceptors (Lipinski definition) is 9. The standard InChI is InChI=1S/C26H24ClN5O6S/c1-3-37-22-10-8-20(9-11-22)31-17(2)28-29-26(31)39-25(15-30(33)34)19-7-12-24(23(27)14-19)38-16-18-5-4-6-21(13-18)32(35)36/h4-14,25H,3,15-16H2,1-2H3/t25-/m0/s1. The Labute approximate surface area is 233 Å². The van der Waals surface area contributed by atoms with Crippen molar-refractivity contribution in [3.05, 3.63) is 109 Å². The molecule has 0 bridgehead atoms. The SMILES string of the molecule is CCOc1ccc(-n2c(C)nnc2S[C@@H](C[N+](=O)[O-])c2ccc(OCc3cccc([N+](=O)[O-])c3)c(Cl)c2)cc1. The van der Waals surface area contributed by atoms with Crippen LogP contribution >= 0.6 is 23.4 Å². The minimum atomic E-state index is -0.617. The molecule has 0 saturated carbocycles. The van der Waals surface area contributed by atoms with E-state index >= 15 is 0 Å². The third kappa shape index (κ3) is 7.03. The summed E-state index contributed by atoms with van der Waals surface area (Å²) in [5, 5.41) is 31.1. The van der Waals surface area contributed by atoms with Gasteiger partial charge >= 0.3 is 0 Å². The van der Waals surface area contributed by atoms with Gasteiger partial charge in [-0.15, -0.1) is 10.2 Å². The van der Waals surface area contributed by atoms with E-state index in [0.29, 0.717) is 34.5 Å². The summed E-state index contributed by atoms with van der Waals surface area (Å²) in [5.41, 5.74) is 1.98. The molecule has 0 radical (unpaired) electrons.